The van der Waals surface area contributed by atoms with Crippen LogP contribution in [-0.2, 0) is 20.8 Å². The molecule has 4 aromatic rings. The van der Waals surface area contributed by atoms with E-state index in [9.17, 15) is 24.0 Å². The van der Waals surface area contributed by atoms with Crippen molar-refractivity contribution >= 4 is 65.1 Å². The van der Waals surface area contributed by atoms with Crippen LogP contribution in [0.5, 0.6) is 0 Å². The van der Waals surface area contributed by atoms with E-state index in [2.05, 4.69) is 37.6 Å². The number of rotatable bonds is 22. The summed E-state index contributed by atoms with van der Waals surface area (Å²) in [5.74, 6) is -0.0696. The number of fused-ring (bicyclic) bond motifs is 1. The predicted octanol–water partition coefficient (Wildman–Crippen LogP) is 3.72. The highest BCUT2D eigenvalue weighted by Gasteiger charge is 2.21. The molecule has 0 radical (unpaired) electrons. The van der Waals surface area contributed by atoms with E-state index < -0.39 is 11.9 Å². The van der Waals surface area contributed by atoms with Crippen molar-refractivity contribution in [2.75, 3.05) is 60.1 Å². The van der Waals surface area contributed by atoms with Gasteiger partial charge in [0.05, 0.1) is 40.6 Å². The number of aryl methyl sites for hydroxylation is 1. The fourth-order valence-corrected chi connectivity index (χ4v) is 5.66. The maximum absolute atomic E-state index is 12.8. The van der Waals surface area contributed by atoms with Crippen LogP contribution in [0.1, 0.15) is 52.1 Å². The molecule has 4 rings (SSSR count). The van der Waals surface area contributed by atoms with E-state index in [0.29, 0.717) is 60.5 Å². The lowest BCUT2D eigenvalue weighted by Gasteiger charge is -2.29. The van der Waals surface area contributed by atoms with Gasteiger partial charge in [-0.05, 0) is 74.1 Å². The van der Waals surface area contributed by atoms with Crippen molar-refractivity contribution in [1.82, 2.24) is 24.9 Å². The minimum Gasteiger partial charge on any atom is -0.385 e. The number of aromatic nitrogens is 4. The second kappa shape index (κ2) is 19.8. The zero-order chi connectivity index (χ0) is 39.9. The number of primary amides is 1. The highest BCUT2D eigenvalue weighted by atomic mass is 16.2. The van der Waals surface area contributed by atoms with Gasteiger partial charge in [-0.2, -0.15) is 0 Å². The largest absolute Gasteiger partial charge is 0.385 e. The average molecular weight is 750 g/mol. The van der Waals surface area contributed by atoms with Gasteiger partial charge in [0.2, 0.25) is 6.41 Å². The second-order valence-electron chi connectivity index (χ2n) is 12.7. The Kier molecular flexibility index (Phi) is 14.8. The third-order valence-corrected chi connectivity index (χ3v) is 8.62. The molecule has 1 atom stereocenters. The van der Waals surface area contributed by atoms with Crippen molar-refractivity contribution in [3.05, 3.63) is 102 Å². The Labute approximate surface area is 319 Å². The van der Waals surface area contributed by atoms with Gasteiger partial charge in [0, 0.05) is 53.2 Å². The number of aldehydes is 2. The van der Waals surface area contributed by atoms with Crippen LogP contribution in [0.2, 0.25) is 0 Å². The van der Waals surface area contributed by atoms with Crippen LogP contribution >= 0.6 is 0 Å². The molecule has 16 nitrogen and oxygen atoms in total. The molecule has 16 heteroatoms. The summed E-state index contributed by atoms with van der Waals surface area (Å²) in [7, 11) is 7.26. The fraction of sp³-hybridized carbons (Fsp3) is 0.282. The summed E-state index contributed by atoms with van der Waals surface area (Å²) < 4.78 is 1.30. The summed E-state index contributed by atoms with van der Waals surface area (Å²) in [6.45, 7) is 4.19. The van der Waals surface area contributed by atoms with Crippen molar-refractivity contribution in [3.63, 3.8) is 0 Å². The molecule has 3 heterocycles. The zero-order valence-electron chi connectivity index (χ0n) is 31.4. The molecule has 3 amide bonds. The SMILES string of the molecule is C=CCCC(C=O)N(C=O)c1ccc(CCCCNC(=O)c2ccc(N(C)/C=C\C=C(/C=O)Nc3cc(NC)c4ncc(C(N)=O)n4n3)nc2)cc1N(C)C. The normalized spacial score (nSPS) is 11.8. The predicted molar refractivity (Wildman–Crippen MR) is 214 cm³/mol. The number of nitrogens with one attached hydrogen (secondary N) is 3. The van der Waals surface area contributed by atoms with Gasteiger partial charge in [-0.3, -0.25) is 19.2 Å². The Balaban J connectivity index is 1.28. The number of imidazole rings is 1. The van der Waals surface area contributed by atoms with Crippen LogP contribution in [0.15, 0.2) is 85.5 Å². The summed E-state index contributed by atoms with van der Waals surface area (Å²) in [5.41, 5.74) is 9.71. The first-order valence-electron chi connectivity index (χ1n) is 17.6. The number of nitrogens with zero attached hydrogens (tertiary/aromatic N) is 7. The summed E-state index contributed by atoms with van der Waals surface area (Å²) in [5, 5.41) is 13.2. The van der Waals surface area contributed by atoms with Crippen molar-refractivity contribution in [2.24, 2.45) is 5.73 Å². The molecule has 3 aromatic heterocycles. The van der Waals surface area contributed by atoms with Crippen LogP contribution in [0.4, 0.5) is 28.7 Å². The zero-order valence-corrected chi connectivity index (χ0v) is 31.4. The third kappa shape index (κ3) is 10.6. The third-order valence-electron chi connectivity index (χ3n) is 8.62. The van der Waals surface area contributed by atoms with E-state index in [1.54, 1.807) is 61.6 Å². The lowest BCUT2D eigenvalue weighted by atomic mass is 10.0. The number of allylic oxidation sites excluding steroid dienone is 4. The van der Waals surface area contributed by atoms with Gasteiger partial charge in [0.1, 0.15) is 17.8 Å². The molecule has 55 heavy (non-hydrogen) atoms. The number of anilines is 5. The molecule has 5 N–H and O–H groups in total. The number of hydrogen-bond acceptors (Lipinski definition) is 12. The van der Waals surface area contributed by atoms with Crippen LogP contribution in [0.25, 0.3) is 5.65 Å². The Bertz CT molecular complexity index is 2060. The molecule has 1 unspecified atom stereocenters. The molecule has 0 fully saturated rings. The first kappa shape index (κ1) is 40.9. The maximum atomic E-state index is 12.8. The highest BCUT2D eigenvalue weighted by molar-refractivity contribution is 5.94. The van der Waals surface area contributed by atoms with E-state index in [1.165, 1.54) is 21.8 Å². The van der Waals surface area contributed by atoms with Gasteiger partial charge in [-0.15, -0.1) is 11.7 Å². The summed E-state index contributed by atoms with van der Waals surface area (Å²) in [6.07, 6.45) is 15.0. The molecule has 0 saturated heterocycles. The molecule has 0 aliphatic carbocycles. The van der Waals surface area contributed by atoms with E-state index in [1.807, 2.05) is 37.2 Å². The smallest absolute Gasteiger partial charge is 0.269 e. The van der Waals surface area contributed by atoms with Crippen molar-refractivity contribution < 1.29 is 24.0 Å². The first-order chi connectivity index (χ1) is 26.5. The number of hydrogen-bond donors (Lipinski definition) is 4. The van der Waals surface area contributed by atoms with E-state index in [4.69, 9.17) is 5.73 Å². The number of pyridine rings is 1. The Hall–Kier alpha value is -6.84. The number of nitrogens with two attached hydrogens (primary N) is 1. The van der Waals surface area contributed by atoms with E-state index in [0.717, 1.165) is 36.8 Å². The lowest BCUT2D eigenvalue weighted by Crippen LogP contribution is -2.36. The quantitative estimate of drug-likeness (QED) is 0.0299. The first-order valence-corrected chi connectivity index (χ1v) is 17.6. The number of carbonyl (C=O) groups excluding carboxylic acids is 5. The van der Waals surface area contributed by atoms with Crippen LogP contribution in [0, 0.1) is 0 Å². The monoisotopic (exact) mass is 749 g/mol. The summed E-state index contributed by atoms with van der Waals surface area (Å²) in [4.78, 5) is 73.9. The molecule has 0 spiro atoms. The topological polar surface area (TPSA) is 200 Å². The average Bonchev–Trinajstić information content (AvgIpc) is 3.63. The van der Waals surface area contributed by atoms with Gasteiger partial charge in [0.25, 0.3) is 11.8 Å². The highest BCUT2D eigenvalue weighted by Crippen LogP contribution is 2.31. The van der Waals surface area contributed by atoms with Gasteiger partial charge in [-0.1, -0.05) is 12.1 Å². The molecule has 288 valence electrons. The molecule has 0 aliphatic heterocycles. The van der Waals surface area contributed by atoms with Crippen LogP contribution in [0.3, 0.4) is 0 Å². The Morgan fingerprint density at radius 1 is 1.02 bits per heavy atom. The molecule has 0 aliphatic rings. The van der Waals surface area contributed by atoms with Crippen molar-refractivity contribution in [2.45, 2.75) is 38.1 Å². The molecular formula is C39H47N11O5. The Morgan fingerprint density at radius 3 is 2.45 bits per heavy atom. The molecular weight excluding hydrogens is 703 g/mol. The lowest BCUT2D eigenvalue weighted by molar-refractivity contribution is -0.113. The van der Waals surface area contributed by atoms with Gasteiger partial charge >= 0.3 is 0 Å². The summed E-state index contributed by atoms with van der Waals surface area (Å²) in [6, 6.07) is 10.3. The minimum absolute atomic E-state index is 0.0924. The fourth-order valence-electron chi connectivity index (χ4n) is 5.66. The van der Waals surface area contributed by atoms with Crippen molar-refractivity contribution in [1.29, 1.82) is 0 Å². The van der Waals surface area contributed by atoms with Gasteiger partial charge in [0.15, 0.2) is 17.8 Å². The Morgan fingerprint density at radius 2 is 1.82 bits per heavy atom. The number of unbranched alkanes of at least 4 members (excludes halogenated alkanes) is 1. The second-order valence-corrected chi connectivity index (χ2v) is 12.7. The number of carbonyl (C=O) groups is 5. The number of benzene rings is 1. The van der Waals surface area contributed by atoms with E-state index in [-0.39, 0.29) is 23.1 Å². The number of amides is 3. The van der Waals surface area contributed by atoms with Crippen molar-refractivity contribution in [3.8, 4) is 0 Å². The minimum atomic E-state index is -0.693. The maximum Gasteiger partial charge on any atom is 0.269 e. The van der Waals surface area contributed by atoms with Gasteiger partial charge < -0.3 is 41.2 Å². The van der Waals surface area contributed by atoms with Gasteiger partial charge in [-0.25, -0.2) is 14.5 Å². The summed E-state index contributed by atoms with van der Waals surface area (Å²) >= 11 is 0. The van der Waals surface area contributed by atoms with E-state index >= 15 is 0 Å². The molecule has 0 saturated carbocycles. The molecule has 0 bridgehead atoms. The van der Waals surface area contributed by atoms with Crippen LogP contribution in [-0.4, -0.2) is 91.2 Å². The standard InChI is InChI=1S/C39H47N11O5/c1-6-7-13-30(25-52)49(26-53)32-16-14-27(20-33(32)47(3)4)11-8-9-18-42-39(55)28-15-17-36(43-22-28)48(5)19-10-12-29(24-51)45-35-21-31(41-2)38-44-23-34(37(40)54)50(38)46-35/h6,10,12,14-17,19-26,30,41H,1,7-9,11,13,18H2,2-5H3,(H2,40,54)(H,42,55)(H,45,46)/b19-10-,29-12+. The van der Waals surface area contributed by atoms with Crippen LogP contribution < -0.4 is 36.4 Å². The molecule has 1 aromatic carbocycles.